The van der Waals surface area contributed by atoms with E-state index in [2.05, 4.69) is 27.3 Å². The molecule has 0 radical (unpaired) electrons. The summed E-state index contributed by atoms with van der Waals surface area (Å²) in [6.45, 7) is 2.03. The number of nitriles is 1. The van der Waals surface area contributed by atoms with Gasteiger partial charge in [0.2, 0.25) is 0 Å². The van der Waals surface area contributed by atoms with Gasteiger partial charge in [-0.1, -0.05) is 47.7 Å². The average Bonchev–Trinajstić information content (AvgIpc) is 3.30. The van der Waals surface area contributed by atoms with Crippen LogP contribution in [0.2, 0.25) is 0 Å². The summed E-state index contributed by atoms with van der Waals surface area (Å²) in [6, 6.07) is 17.8. The topological polar surface area (TPSA) is 87.6 Å². The van der Waals surface area contributed by atoms with Crippen molar-refractivity contribution in [2.75, 3.05) is 5.75 Å². The Morgan fingerprint density at radius 3 is 2.79 bits per heavy atom. The standard InChI is InChI=1S/C21H17N5OS2/c1-13-6-5-7-14(10-13)19-24-25-21(26(19)2)28-12-17(27)15(11-22)20-23-16-8-3-4-9-18(16)29-20/h3-10,27H,12H2,1-2H3/b17-15-. The molecule has 0 saturated heterocycles. The summed E-state index contributed by atoms with van der Waals surface area (Å²) in [7, 11) is 1.89. The van der Waals surface area contributed by atoms with E-state index in [4.69, 9.17) is 0 Å². The Labute approximate surface area is 176 Å². The van der Waals surface area contributed by atoms with Gasteiger partial charge in [-0.2, -0.15) is 5.26 Å². The SMILES string of the molecule is Cc1cccc(-c2nnc(SC/C(O)=C(\C#N)c3nc4ccccc4s3)n2C)c1. The number of benzene rings is 2. The molecule has 0 saturated carbocycles. The molecule has 2 aromatic heterocycles. The first-order valence-corrected chi connectivity index (χ1v) is 10.6. The molecule has 0 spiro atoms. The molecule has 0 unspecified atom stereocenters. The van der Waals surface area contributed by atoms with E-state index in [1.165, 1.54) is 23.1 Å². The van der Waals surface area contributed by atoms with E-state index in [-0.39, 0.29) is 17.1 Å². The number of thiazole rings is 1. The zero-order chi connectivity index (χ0) is 20.4. The van der Waals surface area contributed by atoms with Crippen molar-refractivity contribution in [2.45, 2.75) is 12.1 Å². The molecular weight excluding hydrogens is 402 g/mol. The highest BCUT2D eigenvalue weighted by atomic mass is 32.2. The maximum atomic E-state index is 10.5. The molecule has 6 nitrogen and oxygen atoms in total. The number of thioether (sulfide) groups is 1. The van der Waals surface area contributed by atoms with Crippen molar-refractivity contribution in [2.24, 2.45) is 7.05 Å². The van der Waals surface area contributed by atoms with E-state index in [0.29, 0.717) is 10.2 Å². The molecule has 0 aliphatic carbocycles. The largest absolute Gasteiger partial charge is 0.510 e. The number of para-hydroxylation sites is 1. The van der Waals surface area contributed by atoms with E-state index < -0.39 is 0 Å². The molecule has 0 atom stereocenters. The number of hydrogen-bond donors (Lipinski definition) is 1. The maximum Gasteiger partial charge on any atom is 0.191 e. The lowest BCUT2D eigenvalue weighted by molar-refractivity contribution is 0.420. The smallest absolute Gasteiger partial charge is 0.191 e. The van der Waals surface area contributed by atoms with Crippen LogP contribution in [0.15, 0.2) is 59.4 Å². The van der Waals surface area contributed by atoms with Crippen molar-refractivity contribution in [1.29, 1.82) is 5.26 Å². The van der Waals surface area contributed by atoms with Gasteiger partial charge < -0.3 is 9.67 Å². The van der Waals surface area contributed by atoms with Gasteiger partial charge >= 0.3 is 0 Å². The Morgan fingerprint density at radius 2 is 2.03 bits per heavy atom. The Kier molecular flexibility index (Phi) is 5.34. The first-order valence-electron chi connectivity index (χ1n) is 8.84. The first-order chi connectivity index (χ1) is 14.1. The van der Waals surface area contributed by atoms with Gasteiger partial charge in [0.05, 0.1) is 16.0 Å². The van der Waals surface area contributed by atoms with Crippen molar-refractivity contribution < 1.29 is 5.11 Å². The molecule has 2 aromatic carbocycles. The second kappa shape index (κ2) is 8.07. The van der Waals surface area contributed by atoms with Crippen molar-refractivity contribution in [3.8, 4) is 17.5 Å². The number of aliphatic hydroxyl groups is 1. The minimum atomic E-state index is -0.0170. The summed E-state index contributed by atoms with van der Waals surface area (Å²) in [5.74, 6) is 0.946. The average molecular weight is 420 g/mol. The van der Waals surface area contributed by atoms with Gasteiger partial charge in [-0.25, -0.2) is 4.98 Å². The number of aromatic nitrogens is 4. The molecule has 0 aliphatic heterocycles. The Balaban J connectivity index is 1.57. The molecule has 0 bridgehead atoms. The molecular formula is C21H17N5OS2. The monoisotopic (exact) mass is 419 g/mol. The van der Waals surface area contributed by atoms with Crippen LogP contribution < -0.4 is 0 Å². The van der Waals surface area contributed by atoms with Crippen molar-refractivity contribution >= 4 is 38.9 Å². The molecule has 0 fully saturated rings. The van der Waals surface area contributed by atoms with Crippen molar-refractivity contribution in [1.82, 2.24) is 19.7 Å². The Morgan fingerprint density at radius 1 is 1.21 bits per heavy atom. The van der Waals surface area contributed by atoms with Gasteiger partial charge in [-0.05, 0) is 25.1 Å². The number of aliphatic hydroxyl groups excluding tert-OH is 1. The third kappa shape index (κ3) is 3.88. The van der Waals surface area contributed by atoms with Gasteiger partial charge in [0.1, 0.15) is 22.4 Å². The number of nitrogens with zero attached hydrogens (tertiary/aromatic N) is 5. The first kappa shape index (κ1) is 19.2. The van der Waals surface area contributed by atoms with Crippen LogP contribution in [0.1, 0.15) is 10.6 Å². The predicted molar refractivity (Wildman–Crippen MR) is 117 cm³/mol. The minimum Gasteiger partial charge on any atom is -0.510 e. The third-order valence-electron chi connectivity index (χ3n) is 4.36. The van der Waals surface area contributed by atoms with Crippen LogP contribution >= 0.6 is 23.1 Å². The molecule has 8 heteroatoms. The van der Waals surface area contributed by atoms with E-state index in [1.54, 1.807) is 0 Å². The van der Waals surface area contributed by atoms with Crippen molar-refractivity contribution in [3.05, 3.63) is 64.9 Å². The second-order valence-electron chi connectivity index (χ2n) is 6.44. The van der Waals surface area contributed by atoms with E-state index in [9.17, 15) is 10.4 Å². The number of allylic oxidation sites excluding steroid dienone is 1. The third-order valence-corrected chi connectivity index (χ3v) is 6.44. The van der Waals surface area contributed by atoms with Crippen LogP contribution in [-0.4, -0.2) is 30.6 Å². The van der Waals surface area contributed by atoms with Crippen LogP contribution in [0.5, 0.6) is 0 Å². The van der Waals surface area contributed by atoms with E-state index in [0.717, 1.165) is 27.2 Å². The Bertz CT molecular complexity index is 1230. The summed E-state index contributed by atoms with van der Waals surface area (Å²) >= 11 is 2.72. The number of aryl methyl sites for hydroxylation is 1. The van der Waals surface area contributed by atoms with Gasteiger partial charge in [0.25, 0.3) is 0 Å². The fourth-order valence-corrected chi connectivity index (χ4v) is 4.67. The highest BCUT2D eigenvalue weighted by Crippen LogP contribution is 2.30. The zero-order valence-electron chi connectivity index (χ0n) is 15.8. The Hall–Kier alpha value is -3.15. The van der Waals surface area contributed by atoms with Crippen LogP contribution in [0, 0.1) is 18.3 Å². The molecule has 0 aliphatic rings. The molecule has 29 heavy (non-hydrogen) atoms. The van der Waals surface area contributed by atoms with Crippen LogP contribution in [-0.2, 0) is 7.05 Å². The molecule has 4 aromatic rings. The highest BCUT2D eigenvalue weighted by molar-refractivity contribution is 7.99. The summed E-state index contributed by atoms with van der Waals surface area (Å²) in [5.41, 5.74) is 3.14. The summed E-state index contributed by atoms with van der Waals surface area (Å²) in [6.07, 6.45) is 0. The maximum absolute atomic E-state index is 10.5. The normalized spacial score (nSPS) is 12.0. The van der Waals surface area contributed by atoms with E-state index >= 15 is 0 Å². The lowest BCUT2D eigenvalue weighted by atomic mass is 10.1. The van der Waals surface area contributed by atoms with Crippen LogP contribution in [0.4, 0.5) is 0 Å². The highest BCUT2D eigenvalue weighted by Gasteiger charge is 2.16. The van der Waals surface area contributed by atoms with Crippen molar-refractivity contribution in [3.63, 3.8) is 0 Å². The van der Waals surface area contributed by atoms with E-state index in [1.807, 2.05) is 61.0 Å². The summed E-state index contributed by atoms with van der Waals surface area (Å²) in [4.78, 5) is 4.47. The molecule has 4 rings (SSSR count). The van der Waals surface area contributed by atoms with Gasteiger partial charge in [-0.3, -0.25) is 0 Å². The number of rotatable bonds is 5. The fourth-order valence-electron chi connectivity index (χ4n) is 2.90. The molecule has 1 N–H and O–H groups in total. The predicted octanol–water partition coefficient (Wildman–Crippen LogP) is 4.99. The van der Waals surface area contributed by atoms with Crippen LogP contribution in [0.3, 0.4) is 0 Å². The fraction of sp³-hybridized carbons (Fsp3) is 0.143. The quantitative estimate of drug-likeness (QED) is 0.279. The molecule has 144 valence electrons. The van der Waals surface area contributed by atoms with Gasteiger partial charge in [0, 0.05) is 12.6 Å². The lowest BCUT2D eigenvalue weighted by Gasteiger charge is -2.05. The lowest BCUT2D eigenvalue weighted by Crippen LogP contribution is -1.98. The molecule has 2 heterocycles. The summed E-state index contributed by atoms with van der Waals surface area (Å²) < 4.78 is 2.86. The number of hydrogen-bond acceptors (Lipinski definition) is 7. The second-order valence-corrected chi connectivity index (χ2v) is 8.42. The van der Waals surface area contributed by atoms with Gasteiger partial charge in [0.15, 0.2) is 11.0 Å². The molecule has 0 amide bonds. The van der Waals surface area contributed by atoms with Crippen LogP contribution in [0.25, 0.3) is 27.2 Å². The zero-order valence-corrected chi connectivity index (χ0v) is 17.5. The summed E-state index contributed by atoms with van der Waals surface area (Å²) in [5, 5.41) is 29.8. The van der Waals surface area contributed by atoms with Gasteiger partial charge in [-0.15, -0.1) is 21.5 Å². The number of fused-ring (bicyclic) bond motifs is 1. The minimum absolute atomic E-state index is 0.0170.